The van der Waals surface area contributed by atoms with Gasteiger partial charge in [-0.1, -0.05) is 23.8 Å². The molecule has 0 aliphatic heterocycles. The summed E-state index contributed by atoms with van der Waals surface area (Å²) >= 11 is 0. The fourth-order valence-electron chi connectivity index (χ4n) is 2.49. The van der Waals surface area contributed by atoms with E-state index in [2.05, 4.69) is 4.98 Å². The van der Waals surface area contributed by atoms with Crippen molar-refractivity contribution in [2.24, 2.45) is 0 Å². The summed E-state index contributed by atoms with van der Waals surface area (Å²) in [4.78, 5) is 15.9. The Kier molecular flexibility index (Phi) is 4.03. The molecular formula is C17H12ClNO4S. The smallest absolute Gasteiger partial charge is 0.336 e. The Hall–Kier alpha value is -2.44. The molecular weight excluding hydrogens is 350 g/mol. The molecule has 0 saturated heterocycles. The van der Waals surface area contributed by atoms with Crippen LogP contribution in [0, 0.1) is 6.92 Å². The number of nitrogens with zero attached hydrogens (tertiary/aromatic N) is 1. The van der Waals surface area contributed by atoms with Crippen LogP contribution in [0.25, 0.3) is 22.2 Å². The highest BCUT2D eigenvalue weighted by Crippen LogP contribution is 2.28. The Morgan fingerprint density at radius 2 is 1.88 bits per heavy atom. The van der Waals surface area contributed by atoms with Crippen LogP contribution in [-0.2, 0) is 9.05 Å². The molecule has 1 aromatic heterocycles. The van der Waals surface area contributed by atoms with Crippen molar-refractivity contribution in [1.29, 1.82) is 0 Å². The van der Waals surface area contributed by atoms with Gasteiger partial charge in [0.05, 0.1) is 21.7 Å². The van der Waals surface area contributed by atoms with E-state index in [4.69, 9.17) is 10.7 Å². The first-order valence-electron chi connectivity index (χ1n) is 6.95. The zero-order valence-electron chi connectivity index (χ0n) is 12.5. The third kappa shape index (κ3) is 3.11. The molecule has 7 heteroatoms. The highest BCUT2D eigenvalue weighted by molar-refractivity contribution is 8.13. The lowest BCUT2D eigenvalue weighted by molar-refractivity contribution is 0.0699. The van der Waals surface area contributed by atoms with E-state index in [0.29, 0.717) is 11.2 Å². The molecule has 0 fully saturated rings. The van der Waals surface area contributed by atoms with Crippen LogP contribution in [0.2, 0.25) is 0 Å². The van der Waals surface area contributed by atoms with Crippen molar-refractivity contribution in [3.05, 3.63) is 59.7 Å². The molecule has 0 bridgehead atoms. The quantitative estimate of drug-likeness (QED) is 0.716. The summed E-state index contributed by atoms with van der Waals surface area (Å²) in [5, 5.41) is 9.72. The number of aromatic carboxylic acids is 1. The molecule has 1 N–H and O–H groups in total. The van der Waals surface area contributed by atoms with Gasteiger partial charge in [-0.2, -0.15) is 0 Å². The molecule has 0 radical (unpaired) electrons. The van der Waals surface area contributed by atoms with Crippen LogP contribution in [0.4, 0.5) is 0 Å². The summed E-state index contributed by atoms with van der Waals surface area (Å²) in [5.41, 5.74) is 2.67. The molecule has 0 aliphatic rings. The third-order valence-electron chi connectivity index (χ3n) is 3.61. The number of aromatic nitrogens is 1. The van der Waals surface area contributed by atoms with Crippen LogP contribution >= 0.6 is 10.7 Å². The van der Waals surface area contributed by atoms with Crippen LogP contribution in [0.15, 0.2) is 53.4 Å². The number of aryl methyl sites for hydroxylation is 1. The first-order valence-corrected chi connectivity index (χ1v) is 9.26. The summed E-state index contributed by atoms with van der Waals surface area (Å²) in [5.74, 6) is -1.17. The molecule has 122 valence electrons. The lowest BCUT2D eigenvalue weighted by Crippen LogP contribution is -2.01. The van der Waals surface area contributed by atoms with Crippen molar-refractivity contribution < 1.29 is 18.3 Å². The third-order valence-corrected chi connectivity index (χ3v) is 4.96. The molecule has 24 heavy (non-hydrogen) atoms. The molecule has 3 rings (SSSR count). The van der Waals surface area contributed by atoms with Gasteiger partial charge in [-0.05, 0) is 37.3 Å². The van der Waals surface area contributed by atoms with Crippen LogP contribution in [0.5, 0.6) is 0 Å². The van der Waals surface area contributed by atoms with E-state index in [1.807, 2.05) is 31.2 Å². The van der Waals surface area contributed by atoms with Crippen molar-refractivity contribution in [1.82, 2.24) is 4.98 Å². The number of carbonyl (C=O) groups is 1. The molecule has 0 aliphatic carbocycles. The van der Waals surface area contributed by atoms with E-state index in [1.54, 1.807) is 0 Å². The van der Waals surface area contributed by atoms with E-state index in [9.17, 15) is 18.3 Å². The molecule has 0 amide bonds. The zero-order chi connectivity index (χ0) is 17.5. The normalized spacial score (nSPS) is 11.6. The first-order chi connectivity index (χ1) is 11.3. The number of hydrogen-bond donors (Lipinski definition) is 1. The van der Waals surface area contributed by atoms with Gasteiger partial charge >= 0.3 is 5.97 Å². The van der Waals surface area contributed by atoms with Crippen molar-refractivity contribution in [3.63, 3.8) is 0 Å². The van der Waals surface area contributed by atoms with Crippen LogP contribution in [-0.4, -0.2) is 24.5 Å². The highest BCUT2D eigenvalue weighted by atomic mass is 35.7. The van der Waals surface area contributed by atoms with Crippen molar-refractivity contribution in [2.75, 3.05) is 0 Å². The lowest BCUT2D eigenvalue weighted by atomic mass is 10.0. The topological polar surface area (TPSA) is 84.3 Å². The predicted molar refractivity (Wildman–Crippen MR) is 91.9 cm³/mol. The van der Waals surface area contributed by atoms with E-state index in [1.165, 1.54) is 24.3 Å². The monoisotopic (exact) mass is 361 g/mol. The summed E-state index contributed by atoms with van der Waals surface area (Å²) in [6.45, 7) is 1.93. The van der Waals surface area contributed by atoms with Crippen LogP contribution in [0.1, 0.15) is 15.9 Å². The van der Waals surface area contributed by atoms with Gasteiger partial charge in [-0.3, -0.25) is 0 Å². The molecule has 5 nitrogen and oxygen atoms in total. The highest BCUT2D eigenvalue weighted by Gasteiger charge is 2.17. The largest absolute Gasteiger partial charge is 0.478 e. The first kappa shape index (κ1) is 16.4. The predicted octanol–water partition coefficient (Wildman–Crippen LogP) is 3.84. The molecule has 0 unspecified atom stereocenters. The van der Waals surface area contributed by atoms with Crippen LogP contribution in [0.3, 0.4) is 0 Å². The van der Waals surface area contributed by atoms with Gasteiger partial charge in [-0.25, -0.2) is 18.2 Å². The molecule has 1 heterocycles. The van der Waals surface area contributed by atoms with Gasteiger partial charge in [0.15, 0.2) is 0 Å². The second-order valence-corrected chi connectivity index (χ2v) is 7.91. The second kappa shape index (κ2) is 5.89. The molecule has 0 spiro atoms. The molecule has 3 aromatic rings. The van der Waals surface area contributed by atoms with Gasteiger partial charge in [0.2, 0.25) is 0 Å². The summed E-state index contributed by atoms with van der Waals surface area (Å²) in [7, 11) is 1.39. The minimum absolute atomic E-state index is 0.0290. The van der Waals surface area contributed by atoms with Crippen molar-refractivity contribution in [3.8, 4) is 11.3 Å². The van der Waals surface area contributed by atoms with Gasteiger partial charge < -0.3 is 5.11 Å². The van der Waals surface area contributed by atoms with Gasteiger partial charge in [0.1, 0.15) is 0 Å². The Morgan fingerprint density at radius 1 is 1.12 bits per heavy atom. The number of fused-ring (bicyclic) bond motifs is 1. The number of carboxylic acid groups (broad SMARTS) is 1. The fraction of sp³-hybridized carbons (Fsp3) is 0.0588. The Bertz CT molecular complexity index is 1080. The zero-order valence-corrected chi connectivity index (χ0v) is 14.1. The average Bonchev–Trinajstić information content (AvgIpc) is 2.52. The average molecular weight is 362 g/mol. The second-order valence-electron chi connectivity index (χ2n) is 5.35. The number of rotatable bonds is 3. The number of pyridine rings is 1. The number of hydrogen-bond acceptors (Lipinski definition) is 4. The summed E-state index contributed by atoms with van der Waals surface area (Å²) in [6.07, 6.45) is 0. The van der Waals surface area contributed by atoms with E-state index < -0.39 is 15.0 Å². The lowest BCUT2D eigenvalue weighted by Gasteiger charge is -2.09. The van der Waals surface area contributed by atoms with Gasteiger partial charge in [0.25, 0.3) is 9.05 Å². The maximum Gasteiger partial charge on any atom is 0.336 e. The van der Waals surface area contributed by atoms with E-state index in [0.717, 1.165) is 11.1 Å². The van der Waals surface area contributed by atoms with E-state index in [-0.39, 0.29) is 15.8 Å². The van der Waals surface area contributed by atoms with Crippen LogP contribution < -0.4 is 0 Å². The number of halogens is 1. The Balaban J connectivity index is 2.32. The summed E-state index contributed by atoms with van der Waals surface area (Å²) in [6, 6.07) is 13.0. The molecule has 0 saturated carbocycles. The molecule has 0 atom stereocenters. The number of benzene rings is 2. The number of carboxylic acids is 1. The minimum atomic E-state index is -3.95. The maximum absolute atomic E-state index is 11.6. The molecule has 2 aromatic carbocycles. The van der Waals surface area contributed by atoms with Gasteiger partial charge in [0, 0.05) is 21.6 Å². The minimum Gasteiger partial charge on any atom is -0.478 e. The van der Waals surface area contributed by atoms with Crippen molar-refractivity contribution in [2.45, 2.75) is 11.8 Å². The fourth-order valence-corrected chi connectivity index (χ4v) is 3.26. The van der Waals surface area contributed by atoms with E-state index >= 15 is 0 Å². The Labute approximate surface area is 143 Å². The summed E-state index contributed by atoms with van der Waals surface area (Å²) < 4.78 is 23.0. The van der Waals surface area contributed by atoms with Gasteiger partial charge in [-0.15, -0.1) is 0 Å². The standard InChI is InChI=1S/C17H12ClNO4S/c1-10-3-2-4-11(7-10)16-9-14(17(20)21)13-8-12(24(18,22)23)5-6-15(13)19-16/h2-9H,1H3,(H,20,21). The Morgan fingerprint density at radius 3 is 2.50 bits per heavy atom. The maximum atomic E-state index is 11.6. The SMILES string of the molecule is Cc1cccc(-c2cc(C(=O)O)c3cc(S(=O)(=O)Cl)ccc3n2)c1. The van der Waals surface area contributed by atoms with Crippen molar-refractivity contribution >= 4 is 36.6 Å².